The maximum atomic E-state index is 6.88. The van der Waals surface area contributed by atoms with Crippen molar-refractivity contribution in [2.75, 3.05) is 0 Å². The second-order valence-electron chi connectivity index (χ2n) is 7.01. The summed E-state index contributed by atoms with van der Waals surface area (Å²) in [6, 6.07) is 31.7. The van der Waals surface area contributed by atoms with Crippen LogP contribution in [0.2, 0.25) is 0 Å². The minimum atomic E-state index is -0.303. The molecule has 0 spiro atoms. The molecule has 1 nitrogen and oxygen atoms in total. The van der Waals surface area contributed by atoms with Crippen molar-refractivity contribution in [2.24, 2.45) is 5.73 Å². The van der Waals surface area contributed by atoms with E-state index in [-0.39, 0.29) is 11.3 Å². The molecule has 1 heteroatoms. The molecule has 1 aliphatic rings. The van der Waals surface area contributed by atoms with Crippen molar-refractivity contribution in [1.29, 1.82) is 0 Å². The fourth-order valence-corrected chi connectivity index (χ4v) is 4.02. The van der Waals surface area contributed by atoms with E-state index in [2.05, 4.69) is 104 Å². The van der Waals surface area contributed by atoms with E-state index in [0.717, 1.165) is 16.8 Å². The average molecular weight is 337 g/mol. The van der Waals surface area contributed by atoms with Gasteiger partial charge in [-0.25, -0.2) is 0 Å². The van der Waals surface area contributed by atoms with Crippen molar-refractivity contribution in [2.45, 2.75) is 18.3 Å². The molecular formula is C25H23N. The molecule has 4 rings (SSSR count). The Morgan fingerprint density at radius 2 is 1.27 bits per heavy atom. The van der Waals surface area contributed by atoms with Crippen LogP contribution in [0.15, 0.2) is 109 Å². The summed E-state index contributed by atoms with van der Waals surface area (Å²) >= 11 is 0. The van der Waals surface area contributed by atoms with Gasteiger partial charge in [-0.2, -0.15) is 0 Å². The van der Waals surface area contributed by atoms with Gasteiger partial charge in [-0.3, -0.25) is 0 Å². The molecule has 0 radical (unpaired) electrons. The zero-order chi connectivity index (χ0) is 18.0. The minimum Gasteiger partial charge on any atom is -0.401 e. The number of hydrogen-bond acceptors (Lipinski definition) is 1. The molecule has 0 bridgehead atoms. The Morgan fingerprint density at radius 1 is 0.731 bits per heavy atom. The molecule has 2 N–H and O–H groups in total. The Balaban J connectivity index is 1.93. The summed E-state index contributed by atoms with van der Waals surface area (Å²) in [6.45, 7) is 2.27. The molecule has 0 amide bonds. The van der Waals surface area contributed by atoms with Gasteiger partial charge in [-0.05, 0) is 23.6 Å². The van der Waals surface area contributed by atoms with E-state index in [0.29, 0.717) is 0 Å². The number of benzene rings is 3. The molecule has 26 heavy (non-hydrogen) atoms. The summed E-state index contributed by atoms with van der Waals surface area (Å²) in [5, 5.41) is 0. The standard InChI is InChI=1S/C25H23N/c1-25(21-15-9-4-10-16-21)23(20-13-7-3-8-14-20)18-17-22(24(25)26)19-11-5-2-6-12-19/h2-18,23H,26H2,1H3. The SMILES string of the molecule is CC1(c2ccccc2)C(N)=C(c2ccccc2)C=CC1c1ccccc1. The van der Waals surface area contributed by atoms with E-state index in [4.69, 9.17) is 5.73 Å². The van der Waals surface area contributed by atoms with Gasteiger partial charge >= 0.3 is 0 Å². The topological polar surface area (TPSA) is 26.0 Å². The third kappa shape index (κ3) is 2.66. The molecule has 0 saturated carbocycles. The van der Waals surface area contributed by atoms with E-state index in [9.17, 15) is 0 Å². The molecule has 128 valence electrons. The van der Waals surface area contributed by atoms with Crippen molar-refractivity contribution in [3.05, 3.63) is 126 Å². The molecule has 1 aliphatic carbocycles. The minimum absolute atomic E-state index is 0.193. The van der Waals surface area contributed by atoms with Gasteiger partial charge in [0.1, 0.15) is 0 Å². The quantitative estimate of drug-likeness (QED) is 0.655. The molecule has 0 aromatic heterocycles. The Morgan fingerprint density at radius 3 is 1.88 bits per heavy atom. The van der Waals surface area contributed by atoms with Crippen LogP contribution in [0.3, 0.4) is 0 Å². The lowest BCUT2D eigenvalue weighted by Crippen LogP contribution is -2.38. The molecule has 2 unspecified atom stereocenters. The van der Waals surface area contributed by atoms with Crippen LogP contribution in [-0.4, -0.2) is 0 Å². The van der Waals surface area contributed by atoms with E-state index in [1.54, 1.807) is 0 Å². The molecule has 0 heterocycles. The number of hydrogen-bond donors (Lipinski definition) is 1. The lowest BCUT2D eigenvalue weighted by Gasteiger charge is -2.41. The third-order valence-corrected chi connectivity index (χ3v) is 5.54. The predicted molar refractivity (Wildman–Crippen MR) is 110 cm³/mol. The summed E-state index contributed by atoms with van der Waals surface area (Å²) in [5.74, 6) is 0.193. The zero-order valence-electron chi connectivity index (χ0n) is 15.0. The molecular weight excluding hydrogens is 314 g/mol. The number of nitrogens with two attached hydrogens (primary N) is 1. The summed E-state index contributed by atoms with van der Waals surface area (Å²) in [7, 11) is 0. The Labute approximate surface area is 155 Å². The van der Waals surface area contributed by atoms with E-state index < -0.39 is 0 Å². The second-order valence-corrected chi connectivity index (χ2v) is 7.01. The normalized spacial score (nSPS) is 22.4. The highest BCUT2D eigenvalue weighted by Crippen LogP contribution is 2.48. The van der Waals surface area contributed by atoms with E-state index in [1.807, 2.05) is 6.07 Å². The molecule has 0 fully saturated rings. The van der Waals surface area contributed by atoms with Gasteiger partial charge in [0.25, 0.3) is 0 Å². The van der Waals surface area contributed by atoms with Gasteiger partial charge in [0.05, 0.1) is 0 Å². The van der Waals surface area contributed by atoms with Crippen molar-refractivity contribution in [1.82, 2.24) is 0 Å². The first-order valence-electron chi connectivity index (χ1n) is 9.05. The molecule has 0 saturated heterocycles. The van der Waals surface area contributed by atoms with Crippen molar-refractivity contribution < 1.29 is 0 Å². The first-order valence-corrected chi connectivity index (χ1v) is 9.05. The summed E-state index contributed by atoms with van der Waals surface area (Å²) < 4.78 is 0. The van der Waals surface area contributed by atoms with Crippen LogP contribution in [0, 0.1) is 0 Å². The van der Waals surface area contributed by atoms with Gasteiger partial charge < -0.3 is 5.73 Å². The van der Waals surface area contributed by atoms with Gasteiger partial charge in [0.2, 0.25) is 0 Å². The second kappa shape index (κ2) is 6.68. The van der Waals surface area contributed by atoms with Crippen LogP contribution >= 0.6 is 0 Å². The lowest BCUT2D eigenvalue weighted by molar-refractivity contribution is 0.490. The van der Waals surface area contributed by atoms with Crippen molar-refractivity contribution >= 4 is 5.57 Å². The van der Waals surface area contributed by atoms with Gasteiger partial charge in [0.15, 0.2) is 0 Å². The van der Waals surface area contributed by atoms with Crippen LogP contribution < -0.4 is 5.73 Å². The molecule has 3 aromatic carbocycles. The molecule has 0 aliphatic heterocycles. The van der Waals surface area contributed by atoms with Crippen LogP contribution in [0.25, 0.3) is 5.57 Å². The predicted octanol–water partition coefficient (Wildman–Crippen LogP) is 5.67. The summed E-state index contributed by atoms with van der Waals surface area (Å²) in [6.07, 6.45) is 4.49. The van der Waals surface area contributed by atoms with E-state index >= 15 is 0 Å². The number of rotatable bonds is 3. The highest BCUT2D eigenvalue weighted by atomic mass is 14.7. The monoisotopic (exact) mass is 337 g/mol. The Hall–Kier alpha value is -3.06. The summed E-state index contributed by atoms with van der Waals surface area (Å²) in [4.78, 5) is 0. The van der Waals surface area contributed by atoms with Crippen molar-refractivity contribution in [3.63, 3.8) is 0 Å². The fourth-order valence-electron chi connectivity index (χ4n) is 4.02. The highest BCUT2D eigenvalue weighted by molar-refractivity contribution is 5.80. The van der Waals surface area contributed by atoms with Crippen LogP contribution in [0.1, 0.15) is 29.5 Å². The van der Waals surface area contributed by atoms with Crippen LogP contribution in [-0.2, 0) is 5.41 Å². The largest absolute Gasteiger partial charge is 0.401 e. The van der Waals surface area contributed by atoms with E-state index in [1.165, 1.54) is 11.1 Å². The van der Waals surface area contributed by atoms with Crippen LogP contribution in [0.4, 0.5) is 0 Å². The third-order valence-electron chi connectivity index (χ3n) is 5.54. The smallest absolute Gasteiger partial charge is 0.0429 e. The van der Waals surface area contributed by atoms with Crippen LogP contribution in [0.5, 0.6) is 0 Å². The Bertz CT molecular complexity index is 939. The van der Waals surface area contributed by atoms with Crippen molar-refractivity contribution in [3.8, 4) is 0 Å². The lowest BCUT2D eigenvalue weighted by atomic mass is 9.63. The summed E-state index contributed by atoms with van der Waals surface area (Å²) in [5.41, 5.74) is 12.3. The van der Waals surface area contributed by atoms with Gasteiger partial charge in [-0.15, -0.1) is 0 Å². The number of allylic oxidation sites excluding steroid dienone is 4. The molecule has 2 atom stereocenters. The first kappa shape index (κ1) is 16.4. The maximum absolute atomic E-state index is 6.88. The maximum Gasteiger partial charge on any atom is 0.0429 e. The van der Waals surface area contributed by atoms with Gasteiger partial charge in [-0.1, -0.05) is 103 Å². The van der Waals surface area contributed by atoms with Gasteiger partial charge in [0, 0.05) is 22.6 Å². The highest BCUT2D eigenvalue weighted by Gasteiger charge is 2.41. The average Bonchev–Trinajstić information content (AvgIpc) is 2.72. The molecule has 3 aromatic rings. The Kier molecular flexibility index (Phi) is 4.22. The fraction of sp³-hybridized carbons (Fsp3) is 0.120. The zero-order valence-corrected chi connectivity index (χ0v) is 15.0. The first-order chi connectivity index (χ1) is 12.7.